The third-order valence-electron chi connectivity index (χ3n) is 4.39. The second-order valence-electron chi connectivity index (χ2n) is 6.07. The number of carbonyl (C=O) groups excluding carboxylic acids is 1. The highest BCUT2D eigenvalue weighted by molar-refractivity contribution is 7.89. The van der Waals surface area contributed by atoms with Gasteiger partial charge in [-0.2, -0.15) is 4.31 Å². The predicted octanol–water partition coefficient (Wildman–Crippen LogP) is 1.46. The van der Waals surface area contributed by atoms with Crippen molar-refractivity contribution in [3.05, 3.63) is 29.8 Å². The highest BCUT2D eigenvalue weighted by Crippen LogP contribution is 2.31. The summed E-state index contributed by atoms with van der Waals surface area (Å²) in [7, 11) is -3.52. The summed E-state index contributed by atoms with van der Waals surface area (Å²) in [5.41, 5.74) is 1.12. The molecular formula is C15H20N2O3S. The Labute approximate surface area is 125 Å². The Bertz CT molecular complexity index is 652. The number of fused-ring (bicyclic) bond motifs is 1. The van der Waals surface area contributed by atoms with Gasteiger partial charge in [-0.1, -0.05) is 26.0 Å². The van der Waals surface area contributed by atoms with E-state index >= 15 is 0 Å². The van der Waals surface area contributed by atoms with E-state index in [1.54, 1.807) is 12.1 Å². The molecule has 3 rings (SSSR count). The van der Waals surface area contributed by atoms with Crippen LogP contribution in [0.15, 0.2) is 29.2 Å². The number of nitrogens with zero attached hydrogens (tertiary/aromatic N) is 1. The Morgan fingerprint density at radius 3 is 2.52 bits per heavy atom. The number of amides is 1. The van der Waals surface area contributed by atoms with E-state index in [2.05, 4.69) is 19.2 Å². The highest BCUT2D eigenvalue weighted by atomic mass is 32.2. The zero-order valence-electron chi connectivity index (χ0n) is 12.2. The molecule has 0 radical (unpaired) electrons. The third-order valence-corrected chi connectivity index (χ3v) is 6.33. The number of benzene rings is 1. The topological polar surface area (TPSA) is 66.5 Å². The van der Waals surface area contributed by atoms with Crippen LogP contribution >= 0.6 is 0 Å². The van der Waals surface area contributed by atoms with E-state index in [9.17, 15) is 13.2 Å². The molecule has 0 aliphatic carbocycles. The van der Waals surface area contributed by atoms with E-state index in [4.69, 9.17) is 0 Å². The second-order valence-corrected chi connectivity index (χ2v) is 7.96. The number of sulfonamides is 1. The number of carbonyl (C=O) groups is 1. The number of hydrogen-bond donors (Lipinski definition) is 1. The van der Waals surface area contributed by atoms with Crippen LogP contribution < -0.4 is 5.32 Å². The molecule has 0 spiro atoms. The van der Waals surface area contributed by atoms with Gasteiger partial charge in [-0.25, -0.2) is 8.42 Å². The summed E-state index contributed by atoms with van der Waals surface area (Å²) in [6.07, 6.45) is 0.966. The minimum Gasteiger partial charge on any atom is -0.352 e. The first-order valence-electron chi connectivity index (χ1n) is 7.31. The molecule has 2 heterocycles. The lowest BCUT2D eigenvalue weighted by Crippen LogP contribution is -2.38. The lowest BCUT2D eigenvalue weighted by Gasteiger charge is -2.22. The van der Waals surface area contributed by atoms with Crippen LogP contribution in [0.25, 0.3) is 0 Å². The minimum atomic E-state index is -3.52. The molecule has 0 unspecified atom stereocenters. The van der Waals surface area contributed by atoms with Gasteiger partial charge in [-0.05, 0) is 30.0 Å². The van der Waals surface area contributed by atoms with Crippen LogP contribution in [0.1, 0.15) is 38.2 Å². The van der Waals surface area contributed by atoms with Gasteiger partial charge in [0, 0.05) is 19.0 Å². The first-order valence-corrected chi connectivity index (χ1v) is 8.75. The maximum absolute atomic E-state index is 12.8. The monoisotopic (exact) mass is 308 g/mol. The van der Waals surface area contributed by atoms with Crippen LogP contribution in [0.2, 0.25) is 0 Å². The fourth-order valence-corrected chi connectivity index (χ4v) is 4.83. The first-order chi connectivity index (χ1) is 9.89. The van der Waals surface area contributed by atoms with E-state index in [1.165, 1.54) is 4.31 Å². The summed E-state index contributed by atoms with van der Waals surface area (Å²) in [4.78, 5) is 11.8. The Balaban J connectivity index is 1.88. The Kier molecular flexibility index (Phi) is 3.53. The molecule has 0 saturated carbocycles. The molecule has 2 atom stereocenters. The molecule has 2 aliphatic heterocycles. The Hall–Kier alpha value is -1.40. The molecule has 1 N–H and O–H groups in total. The van der Waals surface area contributed by atoms with E-state index in [1.807, 2.05) is 12.1 Å². The van der Waals surface area contributed by atoms with Crippen molar-refractivity contribution in [1.29, 1.82) is 0 Å². The minimum absolute atomic E-state index is 0.0257. The molecule has 0 aromatic heterocycles. The van der Waals surface area contributed by atoms with Crippen LogP contribution in [-0.2, 0) is 14.8 Å². The number of hydrogen-bond acceptors (Lipinski definition) is 3. The highest BCUT2D eigenvalue weighted by Gasteiger charge is 2.46. The normalized spacial score (nSPS) is 26.1. The maximum Gasteiger partial charge on any atom is 0.243 e. The molecule has 1 aromatic carbocycles. The molecule has 114 valence electrons. The largest absolute Gasteiger partial charge is 0.352 e. The summed E-state index contributed by atoms with van der Waals surface area (Å²) in [5, 5.41) is 2.85. The van der Waals surface area contributed by atoms with Gasteiger partial charge in [-0.15, -0.1) is 0 Å². The standard InChI is InChI=1S/C15H20N2O3S/c1-10(2)11-3-5-12(6-4-11)21(19,20)17-8-7-13-14(17)9-15(18)16-13/h3-6,10,13-14H,7-9H2,1-2H3,(H,16,18)/t13-,14+/m0/s1. The molecule has 2 aliphatic rings. The summed E-state index contributed by atoms with van der Waals surface area (Å²) in [6.45, 7) is 4.62. The van der Waals surface area contributed by atoms with Crippen LogP contribution in [0.5, 0.6) is 0 Å². The van der Waals surface area contributed by atoms with Crippen molar-refractivity contribution in [3.8, 4) is 0 Å². The molecule has 1 aromatic rings. The second kappa shape index (κ2) is 5.10. The fraction of sp³-hybridized carbons (Fsp3) is 0.533. The van der Waals surface area contributed by atoms with E-state index < -0.39 is 10.0 Å². The molecular weight excluding hydrogens is 288 g/mol. The van der Waals surface area contributed by atoms with Gasteiger partial charge in [0.25, 0.3) is 0 Å². The summed E-state index contributed by atoms with van der Waals surface area (Å²) in [5.74, 6) is 0.314. The van der Waals surface area contributed by atoms with Gasteiger partial charge < -0.3 is 5.32 Å². The molecule has 21 heavy (non-hydrogen) atoms. The third kappa shape index (κ3) is 2.46. The molecule has 2 fully saturated rings. The fourth-order valence-electron chi connectivity index (χ4n) is 3.15. The molecule has 5 nitrogen and oxygen atoms in total. The van der Waals surface area contributed by atoms with Gasteiger partial charge in [0.2, 0.25) is 15.9 Å². The SMILES string of the molecule is CC(C)c1ccc(S(=O)(=O)N2CC[C@@H]3NC(=O)C[C@H]32)cc1. The van der Waals surface area contributed by atoms with Crippen molar-refractivity contribution >= 4 is 15.9 Å². The van der Waals surface area contributed by atoms with Crippen LogP contribution in [0.3, 0.4) is 0 Å². The molecule has 6 heteroatoms. The maximum atomic E-state index is 12.8. The van der Waals surface area contributed by atoms with Gasteiger partial charge in [-0.3, -0.25) is 4.79 Å². The lowest BCUT2D eigenvalue weighted by molar-refractivity contribution is -0.119. The van der Waals surface area contributed by atoms with Crippen molar-refractivity contribution in [3.63, 3.8) is 0 Å². The average Bonchev–Trinajstić information content (AvgIpc) is 2.97. The molecule has 2 saturated heterocycles. The van der Waals surface area contributed by atoms with Gasteiger partial charge >= 0.3 is 0 Å². The lowest BCUT2D eigenvalue weighted by atomic mass is 10.0. The van der Waals surface area contributed by atoms with Crippen molar-refractivity contribution in [2.45, 2.75) is 49.6 Å². The summed E-state index contributed by atoms with van der Waals surface area (Å²) < 4.78 is 27.0. The summed E-state index contributed by atoms with van der Waals surface area (Å²) in [6, 6.07) is 6.81. The smallest absolute Gasteiger partial charge is 0.243 e. The Morgan fingerprint density at radius 1 is 1.24 bits per heavy atom. The molecule has 0 bridgehead atoms. The van der Waals surface area contributed by atoms with Crippen molar-refractivity contribution in [2.75, 3.05) is 6.54 Å². The van der Waals surface area contributed by atoms with Gasteiger partial charge in [0.15, 0.2) is 0 Å². The zero-order valence-corrected chi connectivity index (χ0v) is 13.1. The first kappa shape index (κ1) is 14.5. The van der Waals surface area contributed by atoms with Crippen LogP contribution in [-0.4, -0.2) is 37.3 Å². The van der Waals surface area contributed by atoms with Crippen molar-refractivity contribution in [1.82, 2.24) is 9.62 Å². The average molecular weight is 308 g/mol. The summed E-state index contributed by atoms with van der Waals surface area (Å²) >= 11 is 0. The quantitative estimate of drug-likeness (QED) is 0.919. The van der Waals surface area contributed by atoms with Gasteiger partial charge in [0.1, 0.15) is 0 Å². The van der Waals surface area contributed by atoms with Crippen LogP contribution in [0, 0.1) is 0 Å². The van der Waals surface area contributed by atoms with Gasteiger partial charge in [0.05, 0.1) is 10.9 Å². The Morgan fingerprint density at radius 2 is 1.90 bits per heavy atom. The van der Waals surface area contributed by atoms with Crippen molar-refractivity contribution < 1.29 is 13.2 Å². The number of rotatable bonds is 3. The number of nitrogens with one attached hydrogen (secondary N) is 1. The predicted molar refractivity (Wildman–Crippen MR) is 79.4 cm³/mol. The molecule has 1 amide bonds. The van der Waals surface area contributed by atoms with E-state index in [0.717, 1.165) is 5.56 Å². The van der Waals surface area contributed by atoms with Crippen LogP contribution in [0.4, 0.5) is 0 Å². The van der Waals surface area contributed by atoms with E-state index in [-0.39, 0.29) is 24.4 Å². The van der Waals surface area contributed by atoms with E-state index in [0.29, 0.717) is 23.8 Å². The van der Waals surface area contributed by atoms with Crippen molar-refractivity contribution in [2.24, 2.45) is 0 Å². The zero-order chi connectivity index (χ0) is 15.2.